The average Bonchev–Trinajstić information content (AvgIpc) is 2.26. The Hall–Kier alpha value is -1.42. The summed E-state index contributed by atoms with van der Waals surface area (Å²) in [6, 6.07) is 3.71. The standard InChI is InChI=1S/C12H16N2O2/c1-2-12(16)8-14(9-12)11(15)6-10-4-3-5-13-7-10/h3-5,7,16H,2,6,8-9H2,1H3. The summed E-state index contributed by atoms with van der Waals surface area (Å²) in [5.74, 6) is 0.0612. The molecule has 0 spiro atoms. The number of likely N-dealkylation sites (tertiary alicyclic amines) is 1. The van der Waals surface area contributed by atoms with Crippen molar-refractivity contribution in [3.63, 3.8) is 0 Å². The molecule has 0 radical (unpaired) electrons. The third-order valence-corrected chi connectivity index (χ3v) is 3.06. The first-order valence-corrected chi connectivity index (χ1v) is 5.52. The molecule has 0 unspecified atom stereocenters. The highest BCUT2D eigenvalue weighted by molar-refractivity contribution is 5.79. The van der Waals surface area contributed by atoms with Crippen molar-refractivity contribution in [2.75, 3.05) is 13.1 Å². The van der Waals surface area contributed by atoms with Crippen molar-refractivity contribution in [2.24, 2.45) is 0 Å². The molecule has 1 saturated heterocycles. The predicted octanol–water partition coefficient (Wildman–Crippen LogP) is 0.607. The third kappa shape index (κ3) is 2.22. The first-order valence-electron chi connectivity index (χ1n) is 5.52. The van der Waals surface area contributed by atoms with Crippen molar-refractivity contribution in [1.29, 1.82) is 0 Å². The lowest BCUT2D eigenvalue weighted by atomic mass is 9.91. The monoisotopic (exact) mass is 220 g/mol. The van der Waals surface area contributed by atoms with E-state index in [1.165, 1.54) is 0 Å². The molecule has 86 valence electrons. The van der Waals surface area contributed by atoms with E-state index in [-0.39, 0.29) is 5.91 Å². The zero-order chi connectivity index (χ0) is 11.6. The second-order valence-electron chi connectivity index (χ2n) is 4.37. The minimum absolute atomic E-state index is 0.0612. The highest BCUT2D eigenvalue weighted by Crippen LogP contribution is 2.24. The zero-order valence-corrected chi connectivity index (χ0v) is 9.39. The number of hydrogen-bond donors (Lipinski definition) is 1. The molecule has 0 aromatic carbocycles. The van der Waals surface area contributed by atoms with Crippen LogP contribution in [0.15, 0.2) is 24.5 Å². The molecule has 4 nitrogen and oxygen atoms in total. The van der Waals surface area contributed by atoms with E-state index in [0.29, 0.717) is 25.9 Å². The van der Waals surface area contributed by atoms with Crippen LogP contribution in [0.5, 0.6) is 0 Å². The normalized spacial score (nSPS) is 18.0. The van der Waals surface area contributed by atoms with E-state index < -0.39 is 5.60 Å². The summed E-state index contributed by atoms with van der Waals surface area (Å²) in [6.07, 6.45) is 4.45. The van der Waals surface area contributed by atoms with Crippen LogP contribution >= 0.6 is 0 Å². The molecule has 0 bridgehead atoms. The maximum absolute atomic E-state index is 11.8. The van der Waals surface area contributed by atoms with Gasteiger partial charge in [0.05, 0.1) is 25.1 Å². The molecule has 1 aromatic heterocycles. The van der Waals surface area contributed by atoms with Gasteiger partial charge in [0.15, 0.2) is 0 Å². The summed E-state index contributed by atoms with van der Waals surface area (Å²) in [7, 11) is 0. The number of amides is 1. The molecule has 16 heavy (non-hydrogen) atoms. The number of rotatable bonds is 3. The summed E-state index contributed by atoms with van der Waals surface area (Å²) < 4.78 is 0. The van der Waals surface area contributed by atoms with Crippen LogP contribution in [0.25, 0.3) is 0 Å². The largest absolute Gasteiger partial charge is 0.386 e. The highest BCUT2D eigenvalue weighted by Gasteiger charge is 2.41. The molecule has 2 rings (SSSR count). The molecule has 0 atom stereocenters. The number of hydrogen-bond acceptors (Lipinski definition) is 3. The van der Waals surface area contributed by atoms with E-state index in [9.17, 15) is 9.90 Å². The molecular formula is C12H16N2O2. The van der Waals surface area contributed by atoms with Crippen LogP contribution in [0.1, 0.15) is 18.9 Å². The number of aliphatic hydroxyl groups is 1. The van der Waals surface area contributed by atoms with Crippen molar-refractivity contribution in [2.45, 2.75) is 25.4 Å². The molecule has 1 amide bonds. The van der Waals surface area contributed by atoms with Crippen LogP contribution in [-0.2, 0) is 11.2 Å². The lowest BCUT2D eigenvalue weighted by Crippen LogP contribution is -2.63. The summed E-state index contributed by atoms with van der Waals surface area (Å²) in [5, 5.41) is 9.80. The first kappa shape index (κ1) is 11.1. The average molecular weight is 220 g/mol. The molecule has 4 heteroatoms. The topological polar surface area (TPSA) is 53.4 Å². The molecule has 1 aliphatic rings. The molecular weight excluding hydrogens is 204 g/mol. The number of carbonyl (C=O) groups excluding carboxylic acids is 1. The Kier molecular flexibility index (Phi) is 2.92. The fourth-order valence-electron chi connectivity index (χ4n) is 1.85. The van der Waals surface area contributed by atoms with Crippen LogP contribution in [0.4, 0.5) is 0 Å². The Labute approximate surface area is 94.9 Å². The lowest BCUT2D eigenvalue weighted by Gasteiger charge is -2.46. The number of carbonyl (C=O) groups is 1. The van der Waals surface area contributed by atoms with E-state index in [2.05, 4.69) is 4.98 Å². The fraction of sp³-hybridized carbons (Fsp3) is 0.500. The van der Waals surface area contributed by atoms with Crippen molar-refractivity contribution >= 4 is 5.91 Å². The van der Waals surface area contributed by atoms with E-state index in [4.69, 9.17) is 0 Å². The van der Waals surface area contributed by atoms with Crippen LogP contribution in [0.3, 0.4) is 0 Å². The van der Waals surface area contributed by atoms with Crippen molar-refractivity contribution in [3.8, 4) is 0 Å². The SMILES string of the molecule is CCC1(O)CN(C(=O)Cc2cccnc2)C1. The number of β-amino-alcohol motifs (C(OH)–C–C–N with tert-alkyl or cyclic N) is 1. The van der Waals surface area contributed by atoms with Gasteiger partial charge in [0.2, 0.25) is 5.91 Å². The Morgan fingerprint density at radius 1 is 1.62 bits per heavy atom. The van der Waals surface area contributed by atoms with Crippen molar-refractivity contribution < 1.29 is 9.90 Å². The molecule has 1 N–H and O–H groups in total. The van der Waals surface area contributed by atoms with Crippen LogP contribution in [-0.4, -0.2) is 39.6 Å². The first-order chi connectivity index (χ1) is 7.63. The summed E-state index contributed by atoms with van der Waals surface area (Å²) >= 11 is 0. The van der Waals surface area contributed by atoms with Crippen molar-refractivity contribution in [3.05, 3.63) is 30.1 Å². The van der Waals surface area contributed by atoms with Gasteiger partial charge >= 0.3 is 0 Å². The Morgan fingerprint density at radius 3 is 2.94 bits per heavy atom. The van der Waals surface area contributed by atoms with E-state index in [0.717, 1.165) is 5.56 Å². The minimum atomic E-state index is -0.648. The Balaban J connectivity index is 1.87. The van der Waals surface area contributed by atoms with Crippen LogP contribution in [0.2, 0.25) is 0 Å². The zero-order valence-electron chi connectivity index (χ0n) is 9.39. The van der Waals surface area contributed by atoms with Gasteiger partial charge in [-0.25, -0.2) is 0 Å². The third-order valence-electron chi connectivity index (χ3n) is 3.06. The van der Waals surface area contributed by atoms with Gasteiger partial charge in [-0.3, -0.25) is 9.78 Å². The molecule has 1 aromatic rings. The van der Waals surface area contributed by atoms with Gasteiger partial charge in [-0.15, -0.1) is 0 Å². The van der Waals surface area contributed by atoms with Gasteiger partial charge in [-0.05, 0) is 18.1 Å². The second-order valence-corrected chi connectivity index (χ2v) is 4.37. The van der Waals surface area contributed by atoms with Gasteiger partial charge in [-0.2, -0.15) is 0 Å². The fourth-order valence-corrected chi connectivity index (χ4v) is 1.85. The molecule has 2 heterocycles. The van der Waals surface area contributed by atoms with Gasteiger partial charge in [0.25, 0.3) is 0 Å². The maximum Gasteiger partial charge on any atom is 0.227 e. The molecule has 1 aliphatic heterocycles. The summed E-state index contributed by atoms with van der Waals surface area (Å²) in [4.78, 5) is 17.4. The minimum Gasteiger partial charge on any atom is -0.386 e. The van der Waals surface area contributed by atoms with Gasteiger partial charge < -0.3 is 10.0 Å². The molecule has 0 saturated carbocycles. The van der Waals surface area contributed by atoms with Gasteiger partial charge in [0, 0.05) is 12.4 Å². The maximum atomic E-state index is 11.8. The smallest absolute Gasteiger partial charge is 0.227 e. The molecule has 0 aliphatic carbocycles. The van der Waals surface area contributed by atoms with Gasteiger partial charge in [0.1, 0.15) is 0 Å². The lowest BCUT2D eigenvalue weighted by molar-refractivity contribution is -0.155. The number of pyridine rings is 1. The highest BCUT2D eigenvalue weighted by atomic mass is 16.3. The van der Waals surface area contributed by atoms with Crippen LogP contribution < -0.4 is 0 Å². The van der Waals surface area contributed by atoms with Crippen molar-refractivity contribution in [1.82, 2.24) is 9.88 Å². The van der Waals surface area contributed by atoms with E-state index in [1.807, 2.05) is 19.1 Å². The summed E-state index contributed by atoms with van der Waals surface area (Å²) in [6.45, 7) is 2.86. The Morgan fingerprint density at radius 2 is 2.38 bits per heavy atom. The molecule has 1 fully saturated rings. The quantitative estimate of drug-likeness (QED) is 0.812. The number of aromatic nitrogens is 1. The second kappa shape index (κ2) is 4.22. The summed E-state index contributed by atoms with van der Waals surface area (Å²) in [5.41, 5.74) is 0.268. The van der Waals surface area contributed by atoms with Gasteiger partial charge in [-0.1, -0.05) is 13.0 Å². The van der Waals surface area contributed by atoms with Crippen LogP contribution in [0, 0.1) is 0 Å². The van der Waals surface area contributed by atoms with E-state index >= 15 is 0 Å². The predicted molar refractivity (Wildman–Crippen MR) is 59.8 cm³/mol. The van der Waals surface area contributed by atoms with E-state index in [1.54, 1.807) is 17.3 Å². The number of nitrogens with zero attached hydrogens (tertiary/aromatic N) is 2. The Bertz CT molecular complexity index is 372.